The van der Waals surface area contributed by atoms with Crippen LogP contribution in [0.5, 0.6) is 0 Å². The molecule has 0 N–H and O–H groups in total. The molecule has 0 aromatic carbocycles. The summed E-state index contributed by atoms with van der Waals surface area (Å²) >= 11 is 1.80. The Bertz CT molecular complexity index is 330. The zero-order valence-corrected chi connectivity index (χ0v) is 8.00. The Labute approximate surface area is 81.8 Å². The van der Waals surface area contributed by atoms with Crippen LogP contribution in [0, 0.1) is 0 Å². The predicted octanol–water partition coefficient (Wildman–Crippen LogP) is 2.24. The van der Waals surface area contributed by atoms with Crippen LogP contribution in [0.4, 0.5) is 0 Å². The lowest BCUT2D eigenvalue weighted by Crippen LogP contribution is -1.81. The van der Waals surface area contributed by atoms with Crippen molar-refractivity contribution < 1.29 is 0 Å². The number of nitrogens with zero attached hydrogens (tertiary/aromatic N) is 2. The smallest absolute Gasteiger partial charge is 0.0906 e. The van der Waals surface area contributed by atoms with Gasteiger partial charge in [0.1, 0.15) is 0 Å². The summed E-state index contributed by atoms with van der Waals surface area (Å²) in [6.07, 6.45) is 5.82. The van der Waals surface area contributed by atoms with E-state index in [0.717, 1.165) is 23.0 Å². The summed E-state index contributed by atoms with van der Waals surface area (Å²) in [4.78, 5) is 8.50. The minimum absolute atomic E-state index is 0.951. The van der Waals surface area contributed by atoms with Gasteiger partial charge in [0.25, 0.3) is 0 Å². The highest BCUT2D eigenvalue weighted by Gasteiger charge is 2.01. The third-order valence-corrected chi connectivity index (χ3v) is 2.64. The molecule has 2 rings (SSSR count). The SMILES string of the molecule is C(=C/c1ccccn1)/C1=NCCS1. The summed E-state index contributed by atoms with van der Waals surface area (Å²) in [7, 11) is 0. The van der Waals surface area contributed by atoms with Crippen LogP contribution >= 0.6 is 11.8 Å². The molecule has 0 unspecified atom stereocenters. The van der Waals surface area contributed by atoms with Crippen molar-refractivity contribution in [2.45, 2.75) is 0 Å². The van der Waals surface area contributed by atoms with E-state index in [1.165, 1.54) is 0 Å². The first kappa shape index (κ1) is 8.51. The van der Waals surface area contributed by atoms with Crippen molar-refractivity contribution in [3.8, 4) is 0 Å². The van der Waals surface area contributed by atoms with Gasteiger partial charge in [-0.15, -0.1) is 11.8 Å². The molecule has 0 radical (unpaired) electrons. The molecule has 1 aromatic rings. The van der Waals surface area contributed by atoms with Crippen LogP contribution in [0.3, 0.4) is 0 Å². The Morgan fingerprint density at radius 2 is 2.31 bits per heavy atom. The third-order valence-electron chi connectivity index (χ3n) is 1.69. The first-order chi connectivity index (χ1) is 6.45. The molecule has 0 fully saturated rings. The number of hydrogen-bond donors (Lipinski definition) is 0. The van der Waals surface area contributed by atoms with Crippen LogP contribution in [0.25, 0.3) is 6.08 Å². The molecule has 2 heterocycles. The summed E-state index contributed by atoms with van der Waals surface area (Å²) in [6.45, 7) is 0.951. The number of aromatic nitrogens is 1. The van der Waals surface area contributed by atoms with Gasteiger partial charge in [0, 0.05) is 18.5 Å². The highest BCUT2D eigenvalue weighted by Crippen LogP contribution is 2.13. The fourth-order valence-electron chi connectivity index (χ4n) is 1.08. The van der Waals surface area contributed by atoms with Crippen LogP contribution in [0.1, 0.15) is 5.69 Å². The van der Waals surface area contributed by atoms with Crippen LogP contribution < -0.4 is 0 Å². The first-order valence-corrected chi connectivity index (χ1v) is 5.20. The van der Waals surface area contributed by atoms with Crippen molar-refractivity contribution in [1.82, 2.24) is 4.98 Å². The maximum atomic E-state index is 4.32. The Kier molecular flexibility index (Phi) is 2.77. The molecule has 0 amide bonds. The largest absolute Gasteiger partial charge is 0.278 e. The predicted molar refractivity (Wildman–Crippen MR) is 58.0 cm³/mol. The van der Waals surface area contributed by atoms with E-state index in [1.807, 2.05) is 30.4 Å². The Balaban J connectivity index is 2.05. The monoisotopic (exact) mass is 190 g/mol. The summed E-state index contributed by atoms with van der Waals surface area (Å²) in [6, 6.07) is 5.88. The molecule has 3 heteroatoms. The van der Waals surface area contributed by atoms with E-state index in [9.17, 15) is 0 Å². The van der Waals surface area contributed by atoms with Gasteiger partial charge in [-0.3, -0.25) is 9.98 Å². The van der Waals surface area contributed by atoms with E-state index in [4.69, 9.17) is 0 Å². The van der Waals surface area contributed by atoms with Gasteiger partial charge in [-0.2, -0.15) is 0 Å². The van der Waals surface area contributed by atoms with Gasteiger partial charge in [-0.25, -0.2) is 0 Å². The Hall–Kier alpha value is -1.09. The van der Waals surface area contributed by atoms with Gasteiger partial charge in [0.15, 0.2) is 0 Å². The van der Waals surface area contributed by atoms with Crippen LogP contribution in [0.15, 0.2) is 35.5 Å². The molecule has 1 aromatic heterocycles. The summed E-state index contributed by atoms with van der Waals surface area (Å²) in [5.74, 6) is 1.11. The lowest BCUT2D eigenvalue weighted by Gasteiger charge is -1.90. The molecule has 2 nitrogen and oxygen atoms in total. The fraction of sp³-hybridized carbons (Fsp3) is 0.200. The lowest BCUT2D eigenvalue weighted by molar-refractivity contribution is 1.18. The van der Waals surface area contributed by atoms with Crippen LogP contribution in [-0.4, -0.2) is 22.3 Å². The molecule has 1 aliphatic heterocycles. The van der Waals surface area contributed by atoms with Crippen molar-refractivity contribution in [1.29, 1.82) is 0 Å². The number of pyridine rings is 1. The van der Waals surface area contributed by atoms with Gasteiger partial charge >= 0.3 is 0 Å². The molecule has 13 heavy (non-hydrogen) atoms. The summed E-state index contributed by atoms with van der Waals surface area (Å²) in [5, 5.41) is 1.12. The number of hydrogen-bond acceptors (Lipinski definition) is 3. The maximum Gasteiger partial charge on any atom is 0.0906 e. The summed E-state index contributed by atoms with van der Waals surface area (Å²) in [5.41, 5.74) is 0.984. The highest BCUT2D eigenvalue weighted by atomic mass is 32.2. The third kappa shape index (κ3) is 2.42. The van der Waals surface area contributed by atoms with Crippen molar-refractivity contribution in [2.24, 2.45) is 4.99 Å². The fourth-order valence-corrected chi connectivity index (χ4v) is 1.82. The van der Waals surface area contributed by atoms with E-state index < -0.39 is 0 Å². The number of rotatable bonds is 2. The van der Waals surface area contributed by atoms with Gasteiger partial charge in [-0.1, -0.05) is 6.07 Å². The number of aliphatic imine (C=N–C) groups is 1. The molecule has 0 saturated carbocycles. The second-order valence-corrected chi connectivity index (χ2v) is 3.77. The molecule has 0 spiro atoms. The minimum atomic E-state index is 0.951. The zero-order chi connectivity index (χ0) is 8.93. The Morgan fingerprint density at radius 1 is 1.31 bits per heavy atom. The van der Waals surface area contributed by atoms with E-state index in [-0.39, 0.29) is 0 Å². The molecule has 0 bridgehead atoms. The van der Waals surface area contributed by atoms with E-state index in [2.05, 4.69) is 9.98 Å². The van der Waals surface area contributed by atoms with E-state index >= 15 is 0 Å². The Morgan fingerprint density at radius 3 is 3.00 bits per heavy atom. The standard InChI is InChI=1S/C10H10N2S/c1-2-6-11-9(3-1)4-5-10-12-7-8-13-10/h1-6H,7-8H2/b5-4-. The van der Waals surface area contributed by atoms with Crippen molar-refractivity contribution in [3.63, 3.8) is 0 Å². The van der Waals surface area contributed by atoms with Gasteiger partial charge < -0.3 is 0 Å². The van der Waals surface area contributed by atoms with Crippen molar-refractivity contribution in [2.75, 3.05) is 12.3 Å². The van der Waals surface area contributed by atoms with Crippen molar-refractivity contribution >= 4 is 22.9 Å². The molecule has 1 aliphatic rings. The quantitative estimate of drug-likeness (QED) is 0.714. The normalized spacial score (nSPS) is 16.5. The molecule has 0 aliphatic carbocycles. The zero-order valence-electron chi connectivity index (χ0n) is 7.18. The lowest BCUT2D eigenvalue weighted by atomic mass is 10.3. The molecule has 66 valence electrons. The molecular weight excluding hydrogens is 180 g/mol. The van der Waals surface area contributed by atoms with Gasteiger partial charge in [0.2, 0.25) is 0 Å². The van der Waals surface area contributed by atoms with Gasteiger partial charge in [-0.05, 0) is 24.3 Å². The van der Waals surface area contributed by atoms with Crippen LogP contribution in [0.2, 0.25) is 0 Å². The maximum absolute atomic E-state index is 4.32. The average Bonchev–Trinajstić information content (AvgIpc) is 2.69. The first-order valence-electron chi connectivity index (χ1n) is 4.21. The van der Waals surface area contributed by atoms with Crippen molar-refractivity contribution in [3.05, 3.63) is 36.2 Å². The average molecular weight is 190 g/mol. The minimum Gasteiger partial charge on any atom is -0.278 e. The van der Waals surface area contributed by atoms with Gasteiger partial charge in [0.05, 0.1) is 10.7 Å². The topological polar surface area (TPSA) is 25.2 Å². The highest BCUT2D eigenvalue weighted by molar-refractivity contribution is 8.14. The second-order valence-electron chi connectivity index (χ2n) is 2.66. The molecule has 0 saturated heterocycles. The number of thioether (sulfide) groups is 1. The summed E-state index contributed by atoms with van der Waals surface area (Å²) < 4.78 is 0. The second kappa shape index (κ2) is 4.23. The van der Waals surface area contributed by atoms with E-state index in [0.29, 0.717) is 0 Å². The molecular formula is C10H10N2S. The van der Waals surface area contributed by atoms with E-state index in [1.54, 1.807) is 18.0 Å². The molecule has 0 atom stereocenters. The van der Waals surface area contributed by atoms with Crippen LogP contribution in [-0.2, 0) is 0 Å².